The van der Waals surface area contributed by atoms with Crippen molar-refractivity contribution < 1.29 is 0 Å². The van der Waals surface area contributed by atoms with Crippen molar-refractivity contribution in [2.24, 2.45) is 0 Å². The van der Waals surface area contributed by atoms with Crippen molar-refractivity contribution in [2.75, 3.05) is 0 Å². The van der Waals surface area contributed by atoms with Crippen molar-refractivity contribution in [1.82, 2.24) is 4.98 Å². The molecule has 0 fully saturated rings. The minimum atomic E-state index is -0.0887. The van der Waals surface area contributed by atoms with Crippen LogP contribution in [0.2, 0.25) is 5.02 Å². The van der Waals surface area contributed by atoms with Gasteiger partial charge in [-0.3, -0.25) is 4.98 Å². The highest BCUT2D eigenvalue weighted by Crippen LogP contribution is 2.30. The molecular formula is C15H15ClN2. The molecule has 0 amide bonds. The molecule has 1 heterocycles. The van der Waals surface area contributed by atoms with Crippen LogP contribution in [-0.2, 0) is 5.41 Å². The summed E-state index contributed by atoms with van der Waals surface area (Å²) >= 11 is 6.13. The van der Waals surface area contributed by atoms with Gasteiger partial charge in [0.15, 0.2) is 0 Å². The summed E-state index contributed by atoms with van der Waals surface area (Å²) in [6.45, 7) is 8.19. The van der Waals surface area contributed by atoms with Gasteiger partial charge in [0.1, 0.15) is 0 Å². The molecule has 0 spiro atoms. The molecule has 3 heteroatoms. The molecule has 1 aromatic heterocycles. The first kappa shape index (κ1) is 12.9. The second kappa shape index (κ2) is 4.26. The summed E-state index contributed by atoms with van der Waals surface area (Å²) in [5.74, 6) is 0. The number of hydrogen-bond donors (Lipinski definition) is 0. The van der Waals surface area contributed by atoms with E-state index < -0.39 is 0 Å². The predicted molar refractivity (Wildman–Crippen MR) is 74.9 cm³/mol. The maximum atomic E-state index is 9.28. The molecule has 18 heavy (non-hydrogen) atoms. The summed E-state index contributed by atoms with van der Waals surface area (Å²) < 4.78 is 0. The number of aryl methyl sites for hydroxylation is 1. The Hall–Kier alpha value is -1.59. The van der Waals surface area contributed by atoms with Crippen LogP contribution in [-0.4, -0.2) is 4.98 Å². The van der Waals surface area contributed by atoms with Crippen LogP contribution in [0.5, 0.6) is 0 Å². The molecule has 1 aromatic carbocycles. The third-order valence-corrected chi connectivity index (χ3v) is 3.47. The highest BCUT2D eigenvalue weighted by Gasteiger charge is 2.19. The van der Waals surface area contributed by atoms with Gasteiger partial charge >= 0.3 is 0 Å². The van der Waals surface area contributed by atoms with Gasteiger partial charge in [0.2, 0.25) is 0 Å². The summed E-state index contributed by atoms with van der Waals surface area (Å²) in [5.41, 5.74) is 3.24. The topological polar surface area (TPSA) is 36.7 Å². The summed E-state index contributed by atoms with van der Waals surface area (Å²) in [4.78, 5) is 4.68. The number of nitriles is 1. The lowest BCUT2D eigenvalue weighted by molar-refractivity contribution is 0.571. The first-order valence-electron chi connectivity index (χ1n) is 5.85. The van der Waals surface area contributed by atoms with Gasteiger partial charge < -0.3 is 0 Å². The van der Waals surface area contributed by atoms with Crippen LogP contribution in [0.4, 0.5) is 0 Å². The molecule has 0 saturated heterocycles. The van der Waals surface area contributed by atoms with Crippen LogP contribution in [0.1, 0.15) is 37.6 Å². The van der Waals surface area contributed by atoms with E-state index in [2.05, 4.69) is 31.8 Å². The zero-order chi connectivity index (χ0) is 13.5. The Bertz CT molecular complexity index is 661. The van der Waals surface area contributed by atoms with Gasteiger partial charge in [-0.2, -0.15) is 5.26 Å². The second-order valence-electron chi connectivity index (χ2n) is 5.49. The largest absolute Gasteiger partial charge is 0.252 e. The summed E-state index contributed by atoms with van der Waals surface area (Å²) in [6.07, 6.45) is 0. The van der Waals surface area contributed by atoms with E-state index in [0.29, 0.717) is 10.6 Å². The van der Waals surface area contributed by atoms with E-state index in [1.54, 1.807) is 0 Å². The Morgan fingerprint density at radius 3 is 2.50 bits per heavy atom. The SMILES string of the molecule is Cc1c(Cl)ccc2c(C#N)cc(C(C)(C)C)nc12. The fourth-order valence-corrected chi connectivity index (χ4v) is 2.03. The third kappa shape index (κ3) is 2.07. The molecule has 0 atom stereocenters. The van der Waals surface area contributed by atoms with E-state index in [0.717, 1.165) is 22.2 Å². The van der Waals surface area contributed by atoms with Crippen LogP contribution < -0.4 is 0 Å². The molecule has 2 nitrogen and oxygen atoms in total. The molecule has 0 saturated carbocycles. The standard InChI is InChI=1S/C15H15ClN2/c1-9-12(16)6-5-11-10(8-17)7-13(15(2,3)4)18-14(9)11/h5-7H,1-4H3. The van der Waals surface area contributed by atoms with E-state index in [-0.39, 0.29) is 5.41 Å². The van der Waals surface area contributed by atoms with Gasteiger partial charge in [-0.15, -0.1) is 0 Å². The van der Waals surface area contributed by atoms with Gasteiger partial charge in [-0.05, 0) is 30.7 Å². The Morgan fingerprint density at radius 2 is 1.94 bits per heavy atom. The first-order valence-corrected chi connectivity index (χ1v) is 6.23. The van der Waals surface area contributed by atoms with Crippen LogP contribution >= 0.6 is 11.6 Å². The van der Waals surface area contributed by atoms with Crippen molar-refractivity contribution in [2.45, 2.75) is 33.1 Å². The van der Waals surface area contributed by atoms with Crippen molar-refractivity contribution in [1.29, 1.82) is 5.26 Å². The number of hydrogen-bond acceptors (Lipinski definition) is 2. The van der Waals surface area contributed by atoms with Crippen LogP contribution in [0.3, 0.4) is 0 Å². The fraction of sp³-hybridized carbons (Fsp3) is 0.333. The average Bonchev–Trinajstić information content (AvgIpc) is 2.31. The number of pyridine rings is 1. The molecule has 0 aliphatic heterocycles. The van der Waals surface area contributed by atoms with E-state index in [4.69, 9.17) is 11.6 Å². The molecule has 0 N–H and O–H groups in total. The fourth-order valence-electron chi connectivity index (χ4n) is 1.88. The Morgan fingerprint density at radius 1 is 1.28 bits per heavy atom. The molecule has 2 aromatic rings. The Kier molecular flexibility index (Phi) is 3.04. The molecule has 0 aliphatic rings. The first-order chi connectivity index (χ1) is 8.34. The predicted octanol–water partition coefficient (Wildman–Crippen LogP) is 4.37. The number of benzene rings is 1. The molecule has 0 radical (unpaired) electrons. The Labute approximate surface area is 112 Å². The van der Waals surface area contributed by atoms with Crippen molar-refractivity contribution in [3.05, 3.63) is 40.0 Å². The van der Waals surface area contributed by atoms with Gasteiger partial charge in [0.25, 0.3) is 0 Å². The van der Waals surface area contributed by atoms with Crippen molar-refractivity contribution in [3.63, 3.8) is 0 Å². The zero-order valence-corrected chi connectivity index (χ0v) is 11.8. The normalized spacial score (nSPS) is 11.6. The van der Waals surface area contributed by atoms with Crippen LogP contribution in [0, 0.1) is 18.3 Å². The van der Waals surface area contributed by atoms with E-state index >= 15 is 0 Å². The third-order valence-electron chi connectivity index (χ3n) is 3.06. The molecule has 0 aliphatic carbocycles. The number of halogens is 1. The Balaban J connectivity index is 2.91. The van der Waals surface area contributed by atoms with Gasteiger partial charge in [-0.25, -0.2) is 0 Å². The molecule has 2 rings (SSSR count). The minimum Gasteiger partial charge on any atom is -0.252 e. The number of fused-ring (bicyclic) bond motifs is 1. The van der Waals surface area contributed by atoms with Crippen molar-refractivity contribution >= 4 is 22.5 Å². The molecular weight excluding hydrogens is 244 g/mol. The lowest BCUT2D eigenvalue weighted by Gasteiger charge is -2.19. The van der Waals surface area contributed by atoms with Gasteiger partial charge in [0.05, 0.1) is 17.1 Å². The number of rotatable bonds is 0. The van der Waals surface area contributed by atoms with Gasteiger partial charge in [-0.1, -0.05) is 32.4 Å². The van der Waals surface area contributed by atoms with Gasteiger partial charge in [0, 0.05) is 21.5 Å². The van der Waals surface area contributed by atoms with E-state index in [1.165, 1.54) is 0 Å². The lowest BCUT2D eigenvalue weighted by atomic mass is 9.89. The molecule has 0 unspecified atom stereocenters. The van der Waals surface area contributed by atoms with E-state index in [9.17, 15) is 5.26 Å². The smallest absolute Gasteiger partial charge is 0.0999 e. The molecule has 0 bridgehead atoms. The van der Waals surface area contributed by atoms with E-state index in [1.807, 2.05) is 25.1 Å². The number of aromatic nitrogens is 1. The van der Waals surface area contributed by atoms with Crippen LogP contribution in [0.15, 0.2) is 18.2 Å². The van der Waals surface area contributed by atoms with Crippen LogP contribution in [0.25, 0.3) is 10.9 Å². The minimum absolute atomic E-state index is 0.0887. The summed E-state index contributed by atoms with van der Waals surface area (Å²) in [5, 5.41) is 10.8. The monoisotopic (exact) mass is 258 g/mol. The lowest BCUT2D eigenvalue weighted by Crippen LogP contribution is -2.14. The summed E-state index contributed by atoms with van der Waals surface area (Å²) in [6, 6.07) is 7.80. The van der Waals surface area contributed by atoms with Crippen molar-refractivity contribution in [3.8, 4) is 6.07 Å². The molecule has 92 valence electrons. The second-order valence-corrected chi connectivity index (χ2v) is 5.89. The maximum Gasteiger partial charge on any atom is 0.0999 e. The summed E-state index contributed by atoms with van der Waals surface area (Å²) in [7, 11) is 0. The number of nitrogens with zero attached hydrogens (tertiary/aromatic N) is 2. The zero-order valence-electron chi connectivity index (χ0n) is 11.0. The highest BCUT2D eigenvalue weighted by molar-refractivity contribution is 6.32. The maximum absolute atomic E-state index is 9.28. The average molecular weight is 259 g/mol. The quantitative estimate of drug-likeness (QED) is 0.704. The highest BCUT2D eigenvalue weighted by atomic mass is 35.5.